The Morgan fingerprint density at radius 2 is 1.64 bits per heavy atom. The number of carbonyl (C=O) groups is 4. The summed E-state index contributed by atoms with van der Waals surface area (Å²) < 4.78 is 12.1. The van der Waals surface area contributed by atoms with Crippen LogP contribution in [0.3, 0.4) is 0 Å². The quantitative estimate of drug-likeness (QED) is 0.175. The lowest BCUT2D eigenvalue weighted by Gasteiger charge is -2.41. The molecule has 3 N–H and O–H groups in total. The van der Waals surface area contributed by atoms with Crippen LogP contribution in [-0.4, -0.2) is 135 Å². The van der Waals surface area contributed by atoms with Crippen molar-refractivity contribution in [2.75, 3.05) is 54.7 Å². The van der Waals surface area contributed by atoms with Gasteiger partial charge in [-0.3, -0.25) is 24.1 Å². The van der Waals surface area contributed by atoms with Gasteiger partial charge in [-0.15, -0.1) is 0 Å². The van der Waals surface area contributed by atoms with Gasteiger partial charge in [-0.2, -0.15) is 5.26 Å². The predicted octanol–water partition coefficient (Wildman–Crippen LogP) is 4.20. The molecule has 55 heavy (non-hydrogen) atoms. The van der Waals surface area contributed by atoms with Gasteiger partial charge in [-0.05, 0) is 68.8 Å². The van der Waals surface area contributed by atoms with Crippen LogP contribution in [0.1, 0.15) is 86.1 Å². The van der Waals surface area contributed by atoms with Gasteiger partial charge >= 0.3 is 0 Å². The molecule has 1 aromatic rings. The summed E-state index contributed by atoms with van der Waals surface area (Å²) in [4.78, 5) is 63.0. The number of benzene rings is 1. The molecule has 1 aromatic carbocycles. The van der Waals surface area contributed by atoms with Crippen LogP contribution < -0.4 is 11.1 Å². The summed E-state index contributed by atoms with van der Waals surface area (Å²) in [7, 11) is 10.3. The number of ether oxygens (including phenoxy) is 2. The van der Waals surface area contributed by atoms with E-state index in [2.05, 4.69) is 11.4 Å². The lowest BCUT2D eigenvalue weighted by atomic mass is 9.89. The number of hydrogen-bond donors (Lipinski definition) is 2. The molecule has 1 fully saturated rings. The van der Waals surface area contributed by atoms with Crippen LogP contribution in [0.2, 0.25) is 0 Å². The van der Waals surface area contributed by atoms with Gasteiger partial charge in [0, 0.05) is 46.6 Å². The van der Waals surface area contributed by atoms with Gasteiger partial charge in [-0.25, -0.2) is 0 Å². The first-order chi connectivity index (χ1) is 25.9. The van der Waals surface area contributed by atoms with Crippen molar-refractivity contribution >= 4 is 29.3 Å². The lowest BCUT2D eigenvalue weighted by Crippen LogP contribution is -2.59. The Morgan fingerprint density at radius 3 is 2.15 bits per heavy atom. The number of nitrogens with one attached hydrogen (secondary N) is 1. The lowest BCUT2D eigenvalue weighted by molar-refractivity contribution is -0.149. The number of likely N-dealkylation sites (N-methyl/N-ethyl adjacent to an activating group) is 3. The van der Waals surface area contributed by atoms with E-state index in [0.29, 0.717) is 25.1 Å². The van der Waals surface area contributed by atoms with Crippen molar-refractivity contribution in [1.82, 2.24) is 24.9 Å². The van der Waals surface area contributed by atoms with Gasteiger partial charge in [0.2, 0.25) is 23.6 Å². The first-order valence-corrected chi connectivity index (χ1v) is 19.9. The maximum atomic E-state index is 14.3. The second-order valence-corrected chi connectivity index (χ2v) is 16.4. The summed E-state index contributed by atoms with van der Waals surface area (Å²) >= 11 is 0. The molecule has 1 aliphatic heterocycles. The number of nitriles is 1. The Hall–Kier alpha value is -3.73. The first-order valence-electron chi connectivity index (χ1n) is 19.9. The zero-order valence-corrected chi connectivity index (χ0v) is 35.9. The van der Waals surface area contributed by atoms with Crippen LogP contribution in [0.4, 0.5) is 5.69 Å². The van der Waals surface area contributed by atoms with Crippen LogP contribution in [-0.2, 0) is 35.1 Å². The molecule has 0 unspecified atom stereocenters. The molecule has 4 amide bonds. The molecule has 0 spiro atoms. The SMILES string of the molecule is CC[C@H](C)[C@@H]([C@@H](CC(=O)N1CCC[C@H]1[C@H](OC)[C@@H](C)C(=O)N(C)[C@H](CC#N)Cc1cccc(N)c1)OC)N(C)C(=O)[C@@H](NC(=O)[C@H](C(C)C)N(C)C)C(C)C. The van der Waals surface area contributed by atoms with Crippen molar-refractivity contribution in [2.45, 2.75) is 129 Å². The zero-order chi connectivity index (χ0) is 41.7. The molecule has 0 aliphatic carbocycles. The number of anilines is 1. The Bertz CT molecular complexity index is 1440. The van der Waals surface area contributed by atoms with Gasteiger partial charge in [-0.1, -0.05) is 67.0 Å². The zero-order valence-electron chi connectivity index (χ0n) is 35.9. The van der Waals surface area contributed by atoms with Crippen molar-refractivity contribution in [2.24, 2.45) is 23.7 Å². The molecule has 2 rings (SSSR count). The largest absolute Gasteiger partial charge is 0.399 e. The number of carbonyl (C=O) groups excluding carboxylic acids is 4. The summed E-state index contributed by atoms with van der Waals surface area (Å²) in [5.41, 5.74) is 7.55. The van der Waals surface area contributed by atoms with Crippen molar-refractivity contribution in [3.63, 3.8) is 0 Å². The Kier molecular flexibility index (Phi) is 19.1. The highest BCUT2D eigenvalue weighted by Gasteiger charge is 2.44. The van der Waals surface area contributed by atoms with Gasteiger partial charge < -0.3 is 35.2 Å². The number of methoxy groups -OCH3 is 2. The van der Waals surface area contributed by atoms with E-state index in [1.54, 1.807) is 44.2 Å². The minimum Gasteiger partial charge on any atom is -0.399 e. The van der Waals surface area contributed by atoms with Gasteiger partial charge in [0.25, 0.3) is 0 Å². The van der Waals surface area contributed by atoms with Crippen LogP contribution in [0, 0.1) is 35.0 Å². The number of rotatable bonds is 21. The fraction of sp³-hybridized carbons (Fsp3) is 0.738. The first kappa shape index (κ1) is 47.4. The third-order valence-corrected chi connectivity index (χ3v) is 11.6. The van der Waals surface area contributed by atoms with E-state index in [4.69, 9.17) is 15.2 Å². The fourth-order valence-corrected chi connectivity index (χ4v) is 8.35. The van der Waals surface area contributed by atoms with Gasteiger partial charge in [0.15, 0.2) is 0 Å². The molecule has 13 nitrogen and oxygen atoms in total. The second kappa shape index (κ2) is 22.1. The van der Waals surface area contributed by atoms with E-state index >= 15 is 0 Å². The Morgan fingerprint density at radius 1 is 0.982 bits per heavy atom. The third kappa shape index (κ3) is 12.4. The van der Waals surface area contributed by atoms with Crippen molar-refractivity contribution in [1.29, 1.82) is 5.26 Å². The van der Waals surface area contributed by atoms with Crippen molar-refractivity contribution in [3.05, 3.63) is 29.8 Å². The van der Waals surface area contributed by atoms with E-state index < -0.39 is 36.3 Å². The number of likely N-dealkylation sites (tertiary alicyclic amines) is 1. The summed E-state index contributed by atoms with van der Waals surface area (Å²) in [6, 6.07) is 7.34. The highest BCUT2D eigenvalue weighted by atomic mass is 16.5. The molecule has 310 valence electrons. The van der Waals surface area contributed by atoms with Gasteiger partial charge in [0.05, 0.1) is 55.2 Å². The van der Waals surface area contributed by atoms with E-state index in [1.165, 1.54) is 0 Å². The second-order valence-electron chi connectivity index (χ2n) is 16.4. The van der Waals surface area contributed by atoms with Crippen molar-refractivity contribution < 1.29 is 28.7 Å². The van der Waals surface area contributed by atoms with Crippen LogP contribution in [0.25, 0.3) is 0 Å². The number of hydrogen-bond acceptors (Lipinski definition) is 9. The summed E-state index contributed by atoms with van der Waals surface area (Å²) in [6.07, 6.45) is 1.60. The normalized spacial score (nSPS) is 18.9. The predicted molar refractivity (Wildman–Crippen MR) is 217 cm³/mol. The highest BCUT2D eigenvalue weighted by Crippen LogP contribution is 2.30. The van der Waals surface area contributed by atoms with Crippen LogP contribution in [0.15, 0.2) is 24.3 Å². The Labute approximate surface area is 331 Å². The summed E-state index contributed by atoms with van der Waals surface area (Å²) in [5, 5.41) is 12.7. The molecular weight excluding hydrogens is 699 g/mol. The maximum Gasteiger partial charge on any atom is 0.245 e. The molecule has 1 aliphatic rings. The number of nitrogen functional groups attached to an aromatic ring is 1. The van der Waals surface area contributed by atoms with Crippen molar-refractivity contribution in [3.8, 4) is 6.07 Å². The van der Waals surface area contributed by atoms with E-state index in [-0.39, 0.29) is 66.3 Å². The molecular formula is C42H71N7O6. The minimum absolute atomic E-state index is 0.0247. The standard InChI is InChI=1S/C42H71N7O6/c1-14-28(6)38(48(11)42(53)36(26(2)3)45-40(51)37(27(4)5)46(8)9)34(54-12)25-35(50)49-22-16-19-33(49)39(55-13)29(7)41(52)47(10)32(20-21-43)24-30-17-15-18-31(44)23-30/h15,17-18,23,26-29,32-34,36-39H,14,16,19-20,22,24-25,44H2,1-13H3,(H,45,51)/t28-,29+,32+,33-,34+,36-,37-,38-,39+/m0/s1. The Balaban J connectivity index is 2.31. The molecule has 0 saturated carbocycles. The number of amides is 4. The monoisotopic (exact) mass is 770 g/mol. The average Bonchev–Trinajstić information content (AvgIpc) is 3.61. The fourth-order valence-electron chi connectivity index (χ4n) is 8.35. The third-order valence-electron chi connectivity index (χ3n) is 11.6. The summed E-state index contributed by atoms with van der Waals surface area (Å²) in [6.45, 7) is 14.2. The molecule has 0 bridgehead atoms. The topological polar surface area (TPSA) is 162 Å². The smallest absolute Gasteiger partial charge is 0.245 e. The minimum atomic E-state index is -0.764. The van der Waals surface area contributed by atoms with E-state index in [1.807, 2.05) is 90.6 Å². The highest BCUT2D eigenvalue weighted by molar-refractivity contribution is 5.90. The molecule has 0 radical (unpaired) electrons. The average molecular weight is 770 g/mol. The molecule has 0 aromatic heterocycles. The van der Waals surface area contributed by atoms with Crippen LogP contribution >= 0.6 is 0 Å². The number of nitrogens with zero attached hydrogens (tertiary/aromatic N) is 5. The molecule has 1 saturated heterocycles. The number of nitrogens with two attached hydrogens (primary N) is 1. The van der Waals surface area contributed by atoms with E-state index in [9.17, 15) is 24.4 Å². The van der Waals surface area contributed by atoms with Crippen LogP contribution in [0.5, 0.6) is 0 Å². The molecule has 9 atom stereocenters. The maximum absolute atomic E-state index is 14.3. The summed E-state index contributed by atoms with van der Waals surface area (Å²) in [5.74, 6) is -1.50. The molecule has 13 heteroatoms. The van der Waals surface area contributed by atoms with E-state index in [0.717, 1.165) is 18.4 Å². The molecule has 1 heterocycles. The van der Waals surface area contributed by atoms with Gasteiger partial charge in [0.1, 0.15) is 6.04 Å².